The summed E-state index contributed by atoms with van der Waals surface area (Å²) in [5.41, 5.74) is 7.11. The van der Waals surface area contributed by atoms with Crippen molar-refractivity contribution in [2.24, 2.45) is 11.3 Å². The zero-order chi connectivity index (χ0) is 49.0. The zero-order valence-corrected chi connectivity index (χ0v) is 39.5. The largest absolute Gasteiger partial charge is 0.469 e. The van der Waals surface area contributed by atoms with Gasteiger partial charge in [-0.3, -0.25) is 19.7 Å². The monoisotopic (exact) mass is 891 g/mol. The molecule has 3 aromatic rings. The lowest BCUT2D eigenvalue weighted by molar-refractivity contribution is -0.145. The fourth-order valence-electron chi connectivity index (χ4n) is 6.07. The maximum Gasteiger partial charge on any atom is 0.411 e. The van der Waals surface area contributed by atoms with Gasteiger partial charge < -0.3 is 29.2 Å². The van der Waals surface area contributed by atoms with Crippen molar-refractivity contribution < 1.29 is 42.9 Å². The van der Waals surface area contributed by atoms with E-state index in [1.54, 1.807) is 20.1 Å². The summed E-state index contributed by atoms with van der Waals surface area (Å²) in [7, 11) is 4.36. The molecule has 1 aliphatic rings. The second kappa shape index (κ2) is 30.1. The van der Waals surface area contributed by atoms with Crippen LogP contribution in [0, 0.1) is 34.0 Å². The number of nitrogens with zero attached hydrogens (tertiary/aromatic N) is 3. The molecule has 14 nitrogen and oxygen atoms in total. The van der Waals surface area contributed by atoms with Crippen molar-refractivity contribution in [2.75, 3.05) is 63.2 Å². The Kier molecular flexibility index (Phi) is 25.9. The molecule has 0 heterocycles. The third-order valence-electron chi connectivity index (χ3n) is 9.42. The van der Waals surface area contributed by atoms with Crippen LogP contribution in [0.1, 0.15) is 84.4 Å². The van der Waals surface area contributed by atoms with Gasteiger partial charge in [-0.1, -0.05) is 76.2 Å². The summed E-state index contributed by atoms with van der Waals surface area (Å²) in [6.45, 7) is 18.3. The van der Waals surface area contributed by atoms with Crippen LogP contribution in [0.4, 0.5) is 21.9 Å². The predicted molar refractivity (Wildman–Crippen MR) is 255 cm³/mol. The molecule has 2 amide bonds. The van der Waals surface area contributed by atoms with Crippen LogP contribution in [0.3, 0.4) is 0 Å². The van der Waals surface area contributed by atoms with Gasteiger partial charge in [-0.05, 0) is 104 Å². The van der Waals surface area contributed by atoms with E-state index in [2.05, 4.69) is 40.5 Å². The van der Waals surface area contributed by atoms with Crippen molar-refractivity contribution >= 4 is 52.9 Å². The van der Waals surface area contributed by atoms with Crippen molar-refractivity contribution in [3.63, 3.8) is 0 Å². The number of amides is 2. The Labute approximate surface area is 384 Å². The highest BCUT2D eigenvalue weighted by Crippen LogP contribution is 2.33. The van der Waals surface area contributed by atoms with E-state index in [1.807, 2.05) is 111 Å². The Bertz CT molecular complexity index is 2150. The van der Waals surface area contributed by atoms with Crippen LogP contribution >= 0.6 is 0 Å². The lowest BCUT2D eigenvalue weighted by Crippen LogP contribution is -2.32. The molecule has 65 heavy (non-hydrogen) atoms. The number of allylic oxidation sites excluding steroid dienone is 3. The van der Waals surface area contributed by atoms with Gasteiger partial charge in [0.15, 0.2) is 5.78 Å². The van der Waals surface area contributed by atoms with E-state index in [1.165, 1.54) is 32.8 Å². The molecule has 3 aromatic carbocycles. The van der Waals surface area contributed by atoms with Gasteiger partial charge in [0.1, 0.15) is 24.3 Å². The third-order valence-corrected chi connectivity index (χ3v) is 9.42. The first kappa shape index (κ1) is 56.0. The van der Waals surface area contributed by atoms with Gasteiger partial charge in [0.05, 0.1) is 33.3 Å². The molecule has 0 saturated heterocycles. The van der Waals surface area contributed by atoms with Gasteiger partial charge in [-0.25, -0.2) is 9.59 Å². The molecule has 14 heteroatoms. The summed E-state index contributed by atoms with van der Waals surface area (Å²) in [6, 6.07) is 26.3. The summed E-state index contributed by atoms with van der Waals surface area (Å²) in [6.07, 6.45) is 6.10. The molecule has 2 N–H and O–H groups in total. The fourth-order valence-corrected chi connectivity index (χ4v) is 6.07. The third kappa shape index (κ3) is 23.8. The van der Waals surface area contributed by atoms with Gasteiger partial charge >= 0.3 is 18.0 Å². The van der Waals surface area contributed by atoms with Crippen LogP contribution in [0.15, 0.2) is 102 Å². The standard InChI is InChI=1S/C31H31N5O4.C9H14O.C6H12O2.C5H8O2/c1-23(37)34-28-9-3-24(4-10-28)19-25-5-11-29(12-6-25)35-31(38)40-18-16-36(15-17-39-2)30-13-7-26(8-14-30)20-27(21-32)22-33;1-7-4-8(10)6-9(2,3)5-7;1-4-5(2)6(7)8-3;1-4(2)5(6)7-3/h3-14,20H,15-19H2,1-2H3,(H,34,37)(H,35,38);4H,5-6H2,1-3H3;5H,4H2,1-3H3;1H2,2-3H3. The van der Waals surface area contributed by atoms with Crippen LogP contribution in [-0.4, -0.2) is 77.4 Å². The van der Waals surface area contributed by atoms with E-state index in [0.29, 0.717) is 37.4 Å². The second-order valence-corrected chi connectivity index (χ2v) is 15.9. The Morgan fingerprint density at radius 1 is 0.831 bits per heavy atom. The van der Waals surface area contributed by atoms with Gasteiger partial charge in [-0.15, -0.1) is 0 Å². The van der Waals surface area contributed by atoms with Crippen molar-refractivity contribution in [1.29, 1.82) is 10.5 Å². The van der Waals surface area contributed by atoms with Crippen LogP contribution in [0.25, 0.3) is 6.08 Å². The number of anilines is 3. The molecule has 1 aliphatic carbocycles. The zero-order valence-electron chi connectivity index (χ0n) is 39.5. The molecule has 0 radical (unpaired) electrons. The summed E-state index contributed by atoms with van der Waals surface area (Å²) < 4.78 is 19.4. The molecular weight excluding hydrogens is 827 g/mol. The van der Waals surface area contributed by atoms with Crippen molar-refractivity contribution in [2.45, 2.75) is 74.1 Å². The smallest absolute Gasteiger partial charge is 0.411 e. The number of hydrogen-bond acceptors (Lipinski definition) is 12. The number of hydrogen-bond donors (Lipinski definition) is 2. The Hall–Kier alpha value is -7.03. The van der Waals surface area contributed by atoms with Crippen LogP contribution < -0.4 is 15.5 Å². The number of nitriles is 2. The van der Waals surface area contributed by atoms with Crippen molar-refractivity contribution in [3.8, 4) is 12.1 Å². The molecular formula is C51H65N5O9. The highest BCUT2D eigenvalue weighted by atomic mass is 16.5. The first-order valence-electron chi connectivity index (χ1n) is 21.1. The predicted octanol–water partition coefficient (Wildman–Crippen LogP) is 9.63. The molecule has 0 aliphatic heterocycles. The molecule has 1 atom stereocenters. The Balaban J connectivity index is 0.000000679. The summed E-state index contributed by atoms with van der Waals surface area (Å²) in [5, 5.41) is 23.4. The molecule has 0 fully saturated rings. The van der Waals surface area contributed by atoms with E-state index in [4.69, 9.17) is 20.0 Å². The van der Waals surface area contributed by atoms with E-state index in [0.717, 1.165) is 47.3 Å². The summed E-state index contributed by atoms with van der Waals surface area (Å²) >= 11 is 0. The number of nitrogens with one attached hydrogen (secondary N) is 2. The normalized spacial score (nSPS) is 12.3. The molecule has 1 unspecified atom stereocenters. The lowest BCUT2D eigenvalue weighted by Gasteiger charge is -2.27. The number of methoxy groups -OCH3 is 3. The minimum Gasteiger partial charge on any atom is -0.469 e. The molecule has 0 spiro atoms. The van der Waals surface area contributed by atoms with Crippen LogP contribution in [-0.2, 0) is 44.5 Å². The topological polar surface area (TPSA) is 197 Å². The van der Waals surface area contributed by atoms with Crippen molar-refractivity contribution in [1.82, 2.24) is 0 Å². The van der Waals surface area contributed by atoms with E-state index in [-0.39, 0.29) is 47.1 Å². The highest BCUT2D eigenvalue weighted by molar-refractivity contribution is 5.91. The Morgan fingerprint density at radius 3 is 1.77 bits per heavy atom. The summed E-state index contributed by atoms with van der Waals surface area (Å²) in [5.74, 6) is -0.229. The average molecular weight is 892 g/mol. The molecule has 0 aromatic heterocycles. The number of ether oxygens (including phenoxy) is 4. The van der Waals surface area contributed by atoms with Gasteiger partial charge in [0.2, 0.25) is 5.91 Å². The fraction of sp³-hybridized carbons (Fsp3) is 0.392. The van der Waals surface area contributed by atoms with E-state index >= 15 is 0 Å². The van der Waals surface area contributed by atoms with Crippen LogP contribution in [0.2, 0.25) is 0 Å². The molecule has 0 saturated carbocycles. The first-order valence-corrected chi connectivity index (χ1v) is 21.1. The molecule has 4 rings (SSSR count). The second-order valence-electron chi connectivity index (χ2n) is 15.9. The SMILES string of the molecule is C=C(C)C(=O)OC.CC1=CC(=O)CC(C)(C)C1.CCC(C)C(=O)OC.COCCN(CCOC(=O)Nc1ccc(Cc2ccc(NC(C)=O)cc2)cc1)c1ccc(C=C(C#N)C#N)cc1. The number of benzene rings is 3. The van der Waals surface area contributed by atoms with E-state index < -0.39 is 6.09 Å². The van der Waals surface area contributed by atoms with Gasteiger partial charge in [-0.2, -0.15) is 10.5 Å². The minimum absolute atomic E-state index is 0.0348. The van der Waals surface area contributed by atoms with E-state index in [9.17, 15) is 24.0 Å². The maximum absolute atomic E-state index is 12.4. The summed E-state index contributed by atoms with van der Waals surface area (Å²) in [4.78, 5) is 57.3. The quantitative estimate of drug-likeness (QED) is 0.0635. The average Bonchev–Trinajstić information content (AvgIpc) is 3.27. The van der Waals surface area contributed by atoms with Gasteiger partial charge in [0.25, 0.3) is 0 Å². The maximum atomic E-state index is 12.4. The number of carbonyl (C=O) groups is 5. The molecule has 0 bridgehead atoms. The Morgan fingerprint density at radius 2 is 1.37 bits per heavy atom. The number of ketones is 1. The molecule has 348 valence electrons. The van der Waals surface area contributed by atoms with Crippen molar-refractivity contribution in [3.05, 3.63) is 119 Å². The highest BCUT2D eigenvalue weighted by Gasteiger charge is 2.25. The lowest BCUT2D eigenvalue weighted by atomic mass is 9.77. The number of carbonyl (C=O) groups excluding carboxylic acids is 5. The van der Waals surface area contributed by atoms with Gasteiger partial charge in [0, 0.05) is 49.6 Å². The van der Waals surface area contributed by atoms with Crippen LogP contribution in [0.5, 0.6) is 0 Å². The minimum atomic E-state index is -0.547. The number of rotatable bonds is 15. The first-order chi connectivity index (χ1) is 30.8. The number of esters is 2.